The van der Waals surface area contributed by atoms with Crippen molar-refractivity contribution in [2.45, 2.75) is 13.0 Å². The topological polar surface area (TPSA) is 96.7 Å². The van der Waals surface area contributed by atoms with E-state index < -0.39 is 6.03 Å². The van der Waals surface area contributed by atoms with E-state index in [1.807, 2.05) is 24.3 Å². The number of primary amides is 1. The number of hydrogen-bond acceptors (Lipinski definition) is 4. The summed E-state index contributed by atoms with van der Waals surface area (Å²) in [7, 11) is 0. The van der Waals surface area contributed by atoms with Crippen LogP contribution in [0, 0.1) is 0 Å². The minimum atomic E-state index is -0.579. The largest absolute Gasteiger partial charge is 0.372 e. The first-order chi connectivity index (χ1) is 12.1. The standard InChI is InChI=1S/C18H20ClN5O.ClH/c19-16-10-15(5-4-13(16)11-20)24(18(21)25)14-3-1-2-12(8-14)9-17-22-6-7-23-17;/h1-5,8,10H,6-7,9,11,20H2,(H2,21,25)(H,22,23);1H. The third kappa shape index (κ3) is 4.46. The van der Waals surface area contributed by atoms with Gasteiger partial charge in [-0.2, -0.15) is 0 Å². The van der Waals surface area contributed by atoms with Gasteiger partial charge in [-0.15, -0.1) is 12.4 Å². The fourth-order valence-corrected chi connectivity index (χ4v) is 3.06. The number of amidine groups is 1. The van der Waals surface area contributed by atoms with Crippen LogP contribution in [-0.2, 0) is 13.0 Å². The van der Waals surface area contributed by atoms with Gasteiger partial charge in [-0.05, 0) is 35.4 Å². The first kappa shape index (κ1) is 20.0. The predicted octanol–water partition coefficient (Wildman–Crippen LogP) is 2.98. The molecule has 0 aromatic heterocycles. The molecular weight excluding hydrogens is 373 g/mol. The lowest BCUT2D eigenvalue weighted by molar-refractivity contribution is 0.256. The molecule has 3 rings (SSSR count). The number of nitrogens with one attached hydrogen (secondary N) is 1. The maximum Gasteiger partial charge on any atom is 0.323 e. The van der Waals surface area contributed by atoms with Gasteiger partial charge < -0.3 is 16.8 Å². The molecule has 0 saturated carbocycles. The molecule has 0 radical (unpaired) electrons. The molecule has 2 aromatic carbocycles. The lowest BCUT2D eigenvalue weighted by atomic mass is 10.1. The number of hydrogen-bond donors (Lipinski definition) is 3. The van der Waals surface area contributed by atoms with Crippen molar-refractivity contribution in [2.24, 2.45) is 16.5 Å². The molecule has 0 atom stereocenters. The lowest BCUT2D eigenvalue weighted by Crippen LogP contribution is -2.31. The number of urea groups is 1. The van der Waals surface area contributed by atoms with Crippen LogP contribution in [0.3, 0.4) is 0 Å². The molecule has 1 heterocycles. The molecule has 26 heavy (non-hydrogen) atoms. The van der Waals surface area contributed by atoms with Crippen LogP contribution in [0.1, 0.15) is 11.1 Å². The van der Waals surface area contributed by atoms with Gasteiger partial charge in [0.2, 0.25) is 0 Å². The van der Waals surface area contributed by atoms with Crippen molar-refractivity contribution in [1.29, 1.82) is 0 Å². The molecule has 2 aromatic rings. The van der Waals surface area contributed by atoms with Crippen molar-refractivity contribution in [1.82, 2.24) is 5.32 Å². The fraction of sp³-hybridized carbons (Fsp3) is 0.222. The highest BCUT2D eigenvalue weighted by Gasteiger charge is 2.17. The molecule has 0 unspecified atom stereocenters. The normalized spacial score (nSPS) is 12.8. The third-order valence-corrected chi connectivity index (χ3v) is 4.37. The number of carbonyl (C=O) groups excluding carboxylic acids is 1. The number of rotatable bonds is 5. The Bertz CT molecular complexity index is 825. The number of benzene rings is 2. The van der Waals surface area contributed by atoms with Gasteiger partial charge in [-0.1, -0.05) is 29.8 Å². The van der Waals surface area contributed by atoms with Crippen molar-refractivity contribution in [3.63, 3.8) is 0 Å². The van der Waals surface area contributed by atoms with E-state index in [2.05, 4.69) is 10.3 Å². The molecule has 8 heteroatoms. The quantitative estimate of drug-likeness (QED) is 0.727. The van der Waals surface area contributed by atoms with E-state index >= 15 is 0 Å². The SMILES string of the molecule is Cl.NCc1ccc(N(C(N)=O)c2cccc(CC3=NCCN3)c2)cc1Cl. The highest BCUT2D eigenvalue weighted by Crippen LogP contribution is 2.30. The summed E-state index contributed by atoms with van der Waals surface area (Å²) in [5.74, 6) is 0.957. The highest BCUT2D eigenvalue weighted by atomic mass is 35.5. The minimum absolute atomic E-state index is 0. The van der Waals surface area contributed by atoms with Crippen LogP contribution in [0.5, 0.6) is 0 Å². The van der Waals surface area contributed by atoms with Crippen molar-refractivity contribution in [3.8, 4) is 0 Å². The van der Waals surface area contributed by atoms with E-state index in [0.29, 0.717) is 29.4 Å². The van der Waals surface area contributed by atoms with Gasteiger partial charge in [0.05, 0.1) is 17.9 Å². The van der Waals surface area contributed by atoms with Gasteiger partial charge in [0, 0.05) is 24.5 Å². The zero-order valence-electron chi connectivity index (χ0n) is 14.1. The van der Waals surface area contributed by atoms with Crippen LogP contribution in [0.25, 0.3) is 0 Å². The molecule has 5 N–H and O–H groups in total. The molecule has 0 spiro atoms. The van der Waals surface area contributed by atoms with Gasteiger partial charge in [0.15, 0.2) is 0 Å². The third-order valence-electron chi connectivity index (χ3n) is 4.02. The monoisotopic (exact) mass is 393 g/mol. The van der Waals surface area contributed by atoms with Crippen molar-refractivity contribution in [3.05, 3.63) is 58.6 Å². The number of anilines is 2. The van der Waals surface area contributed by atoms with Gasteiger partial charge >= 0.3 is 6.03 Å². The average Bonchev–Trinajstić information content (AvgIpc) is 3.08. The Hall–Kier alpha value is -2.28. The second-order valence-electron chi connectivity index (χ2n) is 5.76. The van der Waals surface area contributed by atoms with Gasteiger partial charge in [0.1, 0.15) is 5.84 Å². The maximum absolute atomic E-state index is 12.1. The smallest absolute Gasteiger partial charge is 0.323 e. The average molecular weight is 394 g/mol. The van der Waals surface area contributed by atoms with Crippen LogP contribution in [0.15, 0.2) is 47.5 Å². The predicted molar refractivity (Wildman–Crippen MR) is 109 cm³/mol. The molecule has 6 nitrogen and oxygen atoms in total. The number of amides is 2. The fourth-order valence-electron chi connectivity index (χ4n) is 2.81. The van der Waals surface area contributed by atoms with E-state index in [4.69, 9.17) is 23.1 Å². The summed E-state index contributed by atoms with van der Waals surface area (Å²) in [6.45, 7) is 2.00. The molecule has 0 bridgehead atoms. The molecule has 0 aliphatic carbocycles. The van der Waals surface area contributed by atoms with Crippen LogP contribution in [-0.4, -0.2) is 25.0 Å². The minimum Gasteiger partial charge on any atom is -0.372 e. The van der Waals surface area contributed by atoms with Crippen LogP contribution >= 0.6 is 24.0 Å². The Labute approximate surface area is 163 Å². The molecule has 138 valence electrons. The first-order valence-corrected chi connectivity index (χ1v) is 8.40. The molecule has 2 amide bonds. The summed E-state index contributed by atoms with van der Waals surface area (Å²) in [4.78, 5) is 17.9. The zero-order valence-corrected chi connectivity index (χ0v) is 15.7. The van der Waals surface area contributed by atoms with Crippen LogP contribution in [0.4, 0.5) is 16.2 Å². The molecular formula is C18H21Cl2N5O. The van der Waals surface area contributed by atoms with Gasteiger partial charge in [-0.3, -0.25) is 9.89 Å². The molecule has 0 saturated heterocycles. The van der Waals surface area contributed by atoms with Gasteiger partial charge in [-0.25, -0.2) is 4.79 Å². The van der Waals surface area contributed by atoms with Crippen molar-refractivity contribution >= 4 is 47.2 Å². The van der Waals surface area contributed by atoms with Crippen LogP contribution < -0.4 is 21.7 Å². The van der Waals surface area contributed by atoms with E-state index in [1.165, 1.54) is 4.90 Å². The van der Waals surface area contributed by atoms with E-state index in [-0.39, 0.29) is 12.4 Å². The van der Waals surface area contributed by atoms with Crippen molar-refractivity contribution in [2.75, 3.05) is 18.0 Å². The number of halogens is 2. The number of nitrogens with zero attached hydrogens (tertiary/aromatic N) is 2. The zero-order chi connectivity index (χ0) is 17.8. The number of nitrogens with two attached hydrogens (primary N) is 2. The lowest BCUT2D eigenvalue weighted by Gasteiger charge is -2.22. The summed E-state index contributed by atoms with van der Waals surface area (Å²) in [5, 5.41) is 3.75. The second-order valence-corrected chi connectivity index (χ2v) is 6.16. The van der Waals surface area contributed by atoms with Gasteiger partial charge in [0.25, 0.3) is 0 Å². The Morgan fingerprint density at radius 3 is 2.62 bits per heavy atom. The summed E-state index contributed by atoms with van der Waals surface area (Å²) in [5.41, 5.74) is 14.4. The summed E-state index contributed by atoms with van der Waals surface area (Å²) in [6.07, 6.45) is 0.688. The second kappa shape index (κ2) is 8.89. The summed E-state index contributed by atoms with van der Waals surface area (Å²) in [6, 6.07) is 12.4. The van der Waals surface area contributed by atoms with E-state index in [0.717, 1.165) is 30.1 Å². The maximum atomic E-state index is 12.1. The first-order valence-electron chi connectivity index (χ1n) is 8.02. The van der Waals surface area contributed by atoms with E-state index in [9.17, 15) is 4.79 Å². The number of aliphatic imine (C=N–C) groups is 1. The summed E-state index contributed by atoms with van der Waals surface area (Å²) >= 11 is 6.23. The Kier molecular flexibility index (Phi) is 6.85. The Morgan fingerprint density at radius 1 is 1.23 bits per heavy atom. The van der Waals surface area contributed by atoms with Crippen LogP contribution in [0.2, 0.25) is 5.02 Å². The highest BCUT2D eigenvalue weighted by molar-refractivity contribution is 6.31. The summed E-state index contributed by atoms with van der Waals surface area (Å²) < 4.78 is 0. The number of carbonyl (C=O) groups is 1. The molecule has 1 aliphatic rings. The Morgan fingerprint density at radius 2 is 2.00 bits per heavy atom. The Balaban J connectivity index is 0.00000243. The molecule has 1 aliphatic heterocycles. The van der Waals surface area contributed by atoms with Crippen molar-refractivity contribution < 1.29 is 4.79 Å². The molecule has 0 fully saturated rings. The van der Waals surface area contributed by atoms with E-state index in [1.54, 1.807) is 18.2 Å².